The Hall–Kier alpha value is -5.18. The van der Waals surface area contributed by atoms with Gasteiger partial charge >= 0.3 is 0 Å². The summed E-state index contributed by atoms with van der Waals surface area (Å²) in [6.07, 6.45) is 1.44. The van der Waals surface area contributed by atoms with Gasteiger partial charge in [0.05, 0.1) is 29.3 Å². The lowest BCUT2D eigenvalue weighted by atomic mass is 9.95. The first-order valence-electron chi connectivity index (χ1n) is 12.2. The Kier molecular flexibility index (Phi) is 6.96. The Labute approximate surface area is 223 Å². The number of ether oxygens (including phenoxy) is 1. The highest BCUT2D eigenvalue weighted by molar-refractivity contribution is 6.46. The minimum atomic E-state index is -1.06. The van der Waals surface area contributed by atoms with E-state index in [1.54, 1.807) is 42.5 Å². The van der Waals surface area contributed by atoms with E-state index in [9.17, 15) is 24.8 Å². The lowest BCUT2D eigenvalue weighted by Gasteiger charge is -2.24. The molecule has 4 aromatic rings. The summed E-state index contributed by atoms with van der Waals surface area (Å²) in [5.41, 5.74) is 2.39. The molecule has 1 aliphatic rings. The smallest absolute Gasteiger partial charge is 0.296 e. The lowest BCUT2D eigenvalue weighted by Crippen LogP contribution is -2.29. The second-order valence-electron chi connectivity index (χ2n) is 9.10. The summed E-state index contributed by atoms with van der Waals surface area (Å²) in [5.74, 6) is -1.15. The Morgan fingerprint density at radius 3 is 2.49 bits per heavy atom. The molecular weight excluding hydrogens is 500 g/mol. The van der Waals surface area contributed by atoms with Crippen molar-refractivity contribution < 1.29 is 28.8 Å². The van der Waals surface area contributed by atoms with Crippen LogP contribution in [0.1, 0.15) is 34.1 Å². The van der Waals surface area contributed by atoms with Crippen molar-refractivity contribution in [3.05, 3.63) is 135 Å². The van der Waals surface area contributed by atoms with Crippen LogP contribution in [0.3, 0.4) is 0 Å². The summed E-state index contributed by atoms with van der Waals surface area (Å²) in [5, 5.41) is 22.7. The minimum absolute atomic E-state index is 0.0621. The Bertz CT molecular complexity index is 1570. The number of hydrogen-bond acceptors (Lipinski definition) is 7. The standard InChI is InChI=1S/C30H24N2O7/c1-19-6-2-3-7-22(19)18-39-24-13-11-20(12-14-24)28(33)26-27(21-8-4-9-23(16-21)32(36)37)31(30(35)29(26)34)17-25-10-5-15-38-25/h2-16,27,33H,17-18H2,1H3. The van der Waals surface area contributed by atoms with Gasteiger partial charge in [-0.15, -0.1) is 0 Å². The molecule has 1 saturated heterocycles. The Morgan fingerprint density at radius 2 is 1.79 bits per heavy atom. The zero-order chi connectivity index (χ0) is 27.5. The van der Waals surface area contributed by atoms with Crippen molar-refractivity contribution in [1.82, 2.24) is 4.90 Å². The van der Waals surface area contributed by atoms with E-state index in [-0.39, 0.29) is 17.8 Å². The number of aliphatic hydroxyl groups is 1. The molecule has 1 aliphatic heterocycles. The quantitative estimate of drug-likeness (QED) is 0.103. The molecule has 0 aliphatic carbocycles. The topological polar surface area (TPSA) is 123 Å². The molecule has 0 spiro atoms. The van der Waals surface area contributed by atoms with Crippen molar-refractivity contribution in [1.29, 1.82) is 0 Å². The number of carbonyl (C=O) groups is 2. The number of carbonyl (C=O) groups excluding carboxylic acids is 2. The van der Waals surface area contributed by atoms with E-state index in [1.807, 2.05) is 31.2 Å². The van der Waals surface area contributed by atoms with E-state index in [0.717, 1.165) is 11.1 Å². The fraction of sp³-hybridized carbons (Fsp3) is 0.133. The number of likely N-dealkylation sites (tertiary alicyclic amines) is 1. The van der Waals surface area contributed by atoms with Gasteiger partial charge in [0.25, 0.3) is 17.4 Å². The molecule has 1 N–H and O–H groups in total. The van der Waals surface area contributed by atoms with Crippen LogP contribution >= 0.6 is 0 Å². The van der Waals surface area contributed by atoms with Crippen LogP contribution in [0, 0.1) is 17.0 Å². The van der Waals surface area contributed by atoms with Crippen LogP contribution in [0.4, 0.5) is 5.69 Å². The first-order valence-corrected chi connectivity index (χ1v) is 12.2. The molecule has 1 unspecified atom stereocenters. The largest absolute Gasteiger partial charge is 0.507 e. The average molecular weight is 525 g/mol. The van der Waals surface area contributed by atoms with Gasteiger partial charge in [0.1, 0.15) is 23.9 Å². The Balaban J connectivity index is 1.50. The van der Waals surface area contributed by atoms with Crippen LogP contribution < -0.4 is 4.74 Å². The van der Waals surface area contributed by atoms with Gasteiger partial charge < -0.3 is 19.2 Å². The maximum Gasteiger partial charge on any atom is 0.296 e. The van der Waals surface area contributed by atoms with Gasteiger partial charge in [0.15, 0.2) is 0 Å². The minimum Gasteiger partial charge on any atom is -0.507 e. The molecule has 1 fully saturated rings. The van der Waals surface area contributed by atoms with Crippen molar-refractivity contribution >= 4 is 23.1 Å². The molecule has 1 aromatic heterocycles. The predicted octanol–water partition coefficient (Wildman–Crippen LogP) is 5.70. The number of Topliss-reactive ketones (excluding diaryl/α,β-unsaturated/α-hetero) is 1. The van der Waals surface area contributed by atoms with Gasteiger partial charge in [0.2, 0.25) is 0 Å². The van der Waals surface area contributed by atoms with E-state index in [2.05, 4.69) is 0 Å². The van der Waals surface area contributed by atoms with Gasteiger partial charge in [-0.25, -0.2) is 0 Å². The number of amides is 1. The molecule has 196 valence electrons. The molecule has 2 heterocycles. The molecule has 1 amide bonds. The number of aryl methyl sites for hydroxylation is 1. The molecule has 9 heteroatoms. The number of nitro groups is 1. The molecule has 9 nitrogen and oxygen atoms in total. The highest BCUT2D eigenvalue weighted by atomic mass is 16.6. The molecule has 3 aromatic carbocycles. The second-order valence-corrected chi connectivity index (χ2v) is 9.10. The maximum atomic E-state index is 13.2. The fourth-order valence-corrected chi connectivity index (χ4v) is 4.57. The zero-order valence-corrected chi connectivity index (χ0v) is 20.9. The molecule has 39 heavy (non-hydrogen) atoms. The van der Waals surface area contributed by atoms with Gasteiger partial charge in [-0.3, -0.25) is 19.7 Å². The molecule has 5 rings (SSSR count). The molecule has 0 radical (unpaired) electrons. The number of furan rings is 1. The van der Waals surface area contributed by atoms with Crippen LogP contribution in [-0.4, -0.2) is 26.6 Å². The summed E-state index contributed by atoms with van der Waals surface area (Å²) >= 11 is 0. The molecule has 0 saturated carbocycles. The first kappa shape index (κ1) is 25.5. The summed E-state index contributed by atoms with van der Waals surface area (Å²) in [7, 11) is 0. The Morgan fingerprint density at radius 1 is 1.03 bits per heavy atom. The highest BCUT2D eigenvalue weighted by Gasteiger charge is 2.46. The van der Waals surface area contributed by atoms with Crippen LogP contribution in [0.25, 0.3) is 5.76 Å². The van der Waals surface area contributed by atoms with Crippen molar-refractivity contribution in [2.24, 2.45) is 0 Å². The van der Waals surface area contributed by atoms with Gasteiger partial charge in [-0.05, 0) is 60.0 Å². The van der Waals surface area contributed by atoms with Gasteiger partial charge in [0, 0.05) is 17.7 Å². The normalized spacial score (nSPS) is 16.4. The second kappa shape index (κ2) is 10.7. The first-order chi connectivity index (χ1) is 18.8. The maximum absolute atomic E-state index is 13.2. The number of benzene rings is 3. The van der Waals surface area contributed by atoms with Crippen molar-refractivity contribution in [2.75, 3.05) is 0 Å². The number of aliphatic hydroxyl groups excluding tert-OH is 1. The lowest BCUT2D eigenvalue weighted by molar-refractivity contribution is -0.384. The van der Waals surface area contributed by atoms with Crippen molar-refractivity contribution in [2.45, 2.75) is 26.1 Å². The van der Waals surface area contributed by atoms with E-state index < -0.39 is 28.4 Å². The van der Waals surface area contributed by atoms with Gasteiger partial charge in [-0.1, -0.05) is 36.4 Å². The summed E-state index contributed by atoms with van der Waals surface area (Å²) < 4.78 is 11.2. The van der Waals surface area contributed by atoms with Crippen LogP contribution in [0.15, 0.2) is 101 Å². The SMILES string of the molecule is Cc1ccccc1COc1ccc(C(O)=C2C(=O)C(=O)N(Cc3ccco3)C2c2cccc([N+](=O)[O-])c2)cc1. The third-order valence-corrected chi connectivity index (χ3v) is 6.63. The summed E-state index contributed by atoms with van der Waals surface area (Å²) in [6, 6.07) is 22.3. The molecule has 1 atom stereocenters. The molecular formula is C30H24N2O7. The number of nitrogens with zero attached hydrogens (tertiary/aromatic N) is 2. The van der Waals surface area contributed by atoms with Gasteiger partial charge in [-0.2, -0.15) is 0 Å². The fourth-order valence-electron chi connectivity index (χ4n) is 4.57. The highest BCUT2D eigenvalue weighted by Crippen LogP contribution is 2.41. The number of rotatable bonds is 8. The van der Waals surface area contributed by atoms with Crippen molar-refractivity contribution in [3.63, 3.8) is 0 Å². The number of non-ortho nitro benzene ring substituents is 1. The van der Waals surface area contributed by atoms with E-state index in [1.165, 1.54) is 29.4 Å². The number of ketones is 1. The molecule has 0 bridgehead atoms. The summed E-state index contributed by atoms with van der Waals surface area (Å²) in [4.78, 5) is 38.5. The monoisotopic (exact) mass is 524 g/mol. The summed E-state index contributed by atoms with van der Waals surface area (Å²) in [6.45, 7) is 2.30. The predicted molar refractivity (Wildman–Crippen MR) is 142 cm³/mol. The average Bonchev–Trinajstić information content (AvgIpc) is 3.55. The third kappa shape index (κ3) is 5.15. The van der Waals surface area contributed by atoms with E-state index in [4.69, 9.17) is 9.15 Å². The van der Waals surface area contributed by atoms with E-state index >= 15 is 0 Å². The third-order valence-electron chi connectivity index (χ3n) is 6.63. The van der Waals surface area contributed by atoms with Crippen LogP contribution in [0.2, 0.25) is 0 Å². The van der Waals surface area contributed by atoms with Crippen LogP contribution in [0.5, 0.6) is 5.75 Å². The number of nitro benzene ring substituents is 1. The number of hydrogen-bond donors (Lipinski definition) is 1. The zero-order valence-electron chi connectivity index (χ0n) is 20.9. The van der Waals surface area contributed by atoms with Crippen LogP contribution in [-0.2, 0) is 22.7 Å². The van der Waals surface area contributed by atoms with E-state index in [0.29, 0.717) is 29.2 Å². The van der Waals surface area contributed by atoms with Crippen molar-refractivity contribution in [3.8, 4) is 5.75 Å².